The molecule has 0 atom stereocenters. The quantitative estimate of drug-likeness (QED) is 0.492. The van der Waals surface area contributed by atoms with E-state index in [4.69, 9.17) is 4.52 Å². The lowest BCUT2D eigenvalue weighted by molar-refractivity contribution is -0.107. The van der Waals surface area contributed by atoms with Gasteiger partial charge in [-0.15, -0.1) is 0 Å². The fourth-order valence-electron chi connectivity index (χ4n) is 1.12. The van der Waals surface area contributed by atoms with Crippen LogP contribution >= 0.6 is 0 Å². The Bertz CT molecular complexity index is 300. The molecular weight excluding hydrogens is 170 g/mol. The van der Waals surface area contributed by atoms with Crippen molar-refractivity contribution >= 4 is 6.29 Å². The van der Waals surface area contributed by atoms with Crippen LogP contribution in [0.25, 0.3) is 0 Å². The first kappa shape index (κ1) is 9.77. The van der Waals surface area contributed by atoms with E-state index < -0.39 is 0 Å². The van der Waals surface area contributed by atoms with Gasteiger partial charge in [0, 0.05) is 12.5 Å². The topological polar surface area (TPSA) is 52.2 Å². The predicted octanol–water partition coefficient (Wildman–Crippen LogP) is 1.20. The zero-order valence-corrected chi connectivity index (χ0v) is 7.44. The number of aldehydes is 1. The number of nitrogens with zero attached hydrogens (tertiary/aromatic N) is 1. The summed E-state index contributed by atoms with van der Waals surface area (Å²) in [6, 6.07) is 1.39. The van der Waals surface area contributed by atoms with E-state index in [-0.39, 0.29) is 5.56 Å². The molecule has 13 heavy (non-hydrogen) atoms. The Hall–Kier alpha value is -1.32. The molecule has 0 N–H and O–H groups in total. The van der Waals surface area contributed by atoms with Gasteiger partial charge in [0.25, 0.3) is 5.56 Å². The number of rotatable bonds is 6. The number of aryl methyl sites for hydroxylation is 1. The van der Waals surface area contributed by atoms with Crippen LogP contribution in [-0.2, 0) is 11.3 Å². The second-order valence-corrected chi connectivity index (χ2v) is 2.86. The van der Waals surface area contributed by atoms with E-state index in [2.05, 4.69) is 0 Å². The fraction of sp³-hybridized carbons (Fsp3) is 0.556. The van der Waals surface area contributed by atoms with Gasteiger partial charge in [-0.3, -0.25) is 4.79 Å². The Balaban J connectivity index is 2.17. The highest BCUT2D eigenvalue weighted by Crippen LogP contribution is 1.99. The van der Waals surface area contributed by atoms with E-state index in [1.54, 1.807) is 0 Å². The highest BCUT2D eigenvalue weighted by molar-refractivity contribution is 5.48. The molecule has 0 radical (unpaired) electrons. The molecule has 1 heterocycles. The summed E-state index contributed by atoms with van der Waals surface area (Å²) in [6.07, 6.45) is 5.62. The Kier molecular flexibility index (Phi) is 4.02. The van der Waals surface area contributed by atoms with Crippen molar-refractivity contribution in [3.05, 3.63) is 22.7 Å². The van der Waals surface area contributed by atoms with Crippen molar-refractivity contribution in [2.45, 2.75) is 32.2 Å². The van der Waals surface area contributed by atoms with E-state index >= 15 is 0 Å². The third-order valence-electron chi connectivity index (χ3n) is 1.83. The van der Waals surface area contributed by atoms with Gasteiger partial charge in [-0.05, 0) is 12.8 Å². The summed E-state index contributed by atoms with van der Waals surface area (Å²) in [7, 11) is 0. The number of carbonyl (C=O) groups excluding carboxylic acids is 1. The Morgan fingerprint density at radius 1 is 1.38 bits per heavy atom. The van der Waals surface area contributed by atoms with Crippen molar-refractivity contribution < 1.29 is 9.32 Å². The van der Waals surface area contributed by atoms with E-state index in [9.17, 15) is 9.59 Å². The molecule has 0 aliphatic carbocycles. The lowest BCUT2D eigenvalue weighted by Crippen LogP contribution is -2.13. The molecule has 0 saturated carbocycles. The first-order valence-electron chi connectivity index (χ1n) is 4.43. The van der Waals surface area contributed by atoms with Crippen molar-refractivity contribution in [1.29, 1.82) is 0 Å². The summed E-state index contributed by atoms with van der Waals surface area (Å²) < 4.78 is 6.23. The number of hydrogen-bond acceptors (Lipinski definition) is 3. The Morgan fingerprint density at radius 3 is 2.85 bits per heavy atom. The van der Waals surface area contributed by atoms with Gasteiger partial charge in [-0.25, -0.2) is 0 Å². The molecule has 0 bridgehead atoms. The molecule has 72 valence electrons. The second kappa shape index (κ2) is 5.35. The van der Waals surface area contributed by atoms with Crippen molar-refractivity contribution in [3.63, 3.8) is 0 Å². The molecule has 0 aliphatic heterocycles. The van der Waals surface area contributed by atoms with E-state index in [0.29, 0.717) is 13.0 Å². The maximum Gasteiger partial charge on any atom is 0.282 e. The first-order valence-corrected chi connectivity index (χ1v) is 4.43. The number of unbranched alkanes of at least 4 members (excludes halogenated alkanes) is 3. The van der Waals surface area contributed by atoms with Gasteiger partial charge in [0.15, 0.2) is 0 Å². The second-order valence-electron chi connectivity index (χ2n) is 2.86. The zero-order valence-electron chi connectivity index (χ0n) is 7.44. The van der Waals surface area contributed by atoms with Crippen molar-refractivity contribution in [2.75, 3.05) is 0 Å². The molecule has 0 aromatic carbocycles. The lowest BCUT2D eigenvalue weighted by atomic mass is 10.2. The first-order chi connectivity index (χ1) is 6.34. The molecule has 0 amide bonds. The smallest absolute Gasteiger partial charge is 0.282 e. The molecule has 0 spiro atoms. The molecule has 1 rings (SSSR count). The minimum Gasteiger partial charge on any atom is -0.384 e. The minimum atomic E-state index is -0.101. The number of hydrogen-bond donors (Lipinski definition) is 0. The van der Waals surface area contributed by atoms with Crippen molar-refractivity contribution in [3.8, 4) is 0 Å². The monoisotopic (exact) mass is 183 g/mol. The summed E-state index contributed by atoms with van der Waals surface area (Å²) in [5.41, 5.74) is -0.101. The third kappa shape index (κ3) is 3.27. The molecule has 0 fully saturated rings. The highest BCUT2D eigenvalue weighted by Gasteiger charge is 1.96. The fourth-order valence-corrected chi connectivity index (χ4v) is 1.12. The summed E-state index contributed by atoms with van der Waals surface area (Å²) in [5.74, 6) is 0. The van der Waals surface area contributed by atoms with Crippen LogP contribution in [-0.4, -0.2) is 11.0 Å². The summed E-state index contributed by atoms with van der Waals surface area (Å²) in [5, 5.41) is 0. The molecule has 1 aromatic heterocycles. The van der Waals surface area contributed by atoms with Crippen LogP contribution in [0.4, 0.5) is 0 Å². The van der Waals surface area contributed by atoms with Crippen LogP contribution < -0.4 is 5.56 Å². The van der Waals surface area contributed by atoms with Crippen LogP contribution in [0.3, 0.4) is 0 Å². The van der Waals surface area contributed by atoms with Gasteiger partial charge >= 0.3 is 0 Å². The average molecular weight is 183 g/mol. The van der Waals surface area contributed by atoms with Gasteiger partial charge < -0.3 is 9.32 Å². The Morgan fingerprint density at radius 2 is 2.23 bits per heavy atom. The standard InChI is InChI=1S/C9H13NO3/c11-7-4-2-1-3-6-10-9(12)5-8-13-10/h5,7-8H,1-4,6H2. The molecule has 0 saturated heterocycles. The largest absolute Gasteiger partial charge is 0.384 e. The van der Waals surface area contributed by atoms with Crippen LogP contribution in [0.15, 0.2) is 21.6 Å². The molecular formula is C9H13NO3. The number of carbonyl (C=O) groups is 1. The van der Waals surface area contributed by atoms with Gasteiger partial charge in [-0.1, -0.05) is 6.42 Å². The number of aromatic nitrogens is 1. The van der Waals surface area contributed by atoms with Gasteiger partial charge in [0.05, 0.1) is 6.54 Å². The van der Waals surface area contributed by atoms with Crippen LogP contribution in [0.2, 0.25) is 0 Å². The van der Waals surface area contributed by atoms with E-state index in [1.807, 2.05) is 0 Å². The van der Waals surface area contributed by atoms with E-state index in [1.165, 1.54) is 17.1 Å². The summed E-state index contributed by atoms with van der Waals surface area (Å²) >= 11 is 0. The summed E-state index contributed by atoms with van der Waals surface area (Å²) in [4.78, 5) is 20.9. The van der Waals surface area contributed by atoms with Gasteiger partial charge in [0.2, 0.25) is 0 Å². The average Bonchev–Trinajstić information content (AvgIpc) is 2.52. The molecule has 4 nitrogen and oxygen atoms in total. The SMILES string of the molecule is O=CCCCCCn1occc1=O. The maximum absolute atomic E-state index is 11.0. The van der Waals surface area contributed by atoms with Crippen LogP contribution in [0.1, 0.15) is 25.7 Å². The molecule has 1 aromatic rings. The van der Waals surface area contributed by atoms with Crippen molar-refractivity contribution in [1.82, 2.24) is 4.74 Å². The zero-order chi connectivity index (χ0) is 9.52. The summed E-state index contributed by atoms with van der Waals surface area (Å²) in [6.45, 7) is 0.602. The molecule has 0 unspecified atom stereocenters. The van der Waals surface area contributed by atoms with E-state index in [0.717, 1.165) is 25.5 Å². The van der Waals surface area contributed by atoms with Gasteiger partial charge in [0.1, 0.15) is 12.5 Å². The van der Waals surface area contributed by atoms with Crippen LogP contribution in [0.5, 0.6) is 0 Å². The predicted molar refractivity (Wildman–Crippen MR) is 47.5 cm³/mol. The third-order valence-corrected chi connectivity index (χ3v) is 1.83. The Labute approximate surface area is 76.1 Å². The molecule has 0 aliphatic rings. The maximum atomic E-state index is 11.0. The van der Waals surface area contributed by atoms with Gasteiger partial charge in [-0.2, -0.15) is 4.74 Å². The van der Waals surface area contributed by atoms with Crippen LogP contribution in [0, 0.1) is 0 Å². The molecule has 4 heteroatoms. The lowest BCUT2D eigenvalue weighted by Gasteiger charge is -1.98. The minimum absolute atomic E-state index is 0.101. The van der Waals surface area contributed by atoms with Crippen molar-refractivity contribution in [2.24, 2.45) is 0 Å². The normalized spacial score (nSPS) is 10.2. The highest BCUT2D eigenvalue weighted by atomic mass is 16.5.